The van der Waals surface area contributed by atoms with Gasteiger partial charge in [-0.1, -0.05) is 13.8 Å². The Balaban J connectivity index is 2.88. The van der Waals surface area contributed by atoms with E-state index < -0.39 is 5.82 Å². The molecule has 1 aromatic carbocycles. The summed E-state index contributed by atoms with van der Waals surface area (Å²) in [5.41, 5.74) is 0.146. The maximum atomic E-state index is 13.3. The third kappa shape index (κ3) is 2.94. The zero-order valence-electron chi connectivity index (χ0n) is 9.00. The molecule has 0 aliphatic rings. The fraction of sp³-hybridized carbons (Fsp3) is 0.364. The van der Waals surface area contributed by atoms with Crippen molar-refractivity contribution in [2.24, 2.45) is 5.92 Å². The Bertz CT molecular complexity index is 364. The molecule has 0 radical (unpaired) electrons. The number of anilines is 1. The number of hydrogen-bond donors (Lipinski definition) is 1. The number of benzene rings is 1. The second kappa shape index (κ2) is 4.77. The first kappa shape index (κ1) is 11.5. The van der Waals surface area contributed by atoms with Gasteiger partial charge < -0.3 is 10.1 Å². The molecule has 82 valence electrons. The van der Waals surface area contributed by atoms with Gasteiger partial charge in [-0.25, -0.2) is 4.39 Å². The van der Waals surface area contributed by atoms with Crippen molar-refractivity contribution in [1.29, 1.82) is 0 Å². The topological polar surface area (TPSA) is 38.3 Å². The van der Waals surface area contributed by atoms with Crippen LogP contribution in [0.25, 0.3) is 0 Å². The van der Waals surface area contributed by atoms with Crippen LogP contribution >= 0.6 is 0 Å². The summed E-state index contributed by atoms with van der Waals surface area (Å²) in [7, 11) is 1.49. The van der Waals surface area contributed by atoms with E-state index in [4.69, 9.17) is 4.74 Å². The van der Waals surface area contributed by atoms with Crippen molar-refractivity contribution >= 4 is 11.6 Å². The van der Waals surface area contributed by atoms with Gasteiger partial charge in [-0.2, -0.15) is 0 Å². The SMILES string of the molecule is COc1ccc(F)c(NC(=O)C(C)C)c1. The first-order valence-electron chi connectivity index (χ1n) is 4.69. The minimum Gasteiger partial charge on any atom is -0.497 e. The number of carbonyl (C=O) groups is 1. The minimum atomic E-state index is -0.468. The molecule has 0 aromatic heterocycles. The Hall–Kier alpha value is -1.58. The molecule has 4 heteroatoms. The number of carbonyl (C=O) groups excluding carboxylic acids is 1. The summed E-state index contributed by atoms with van der Waals surface area (Å²) in [4.78, 5) is 11.3. The lowest BCUT2D eigenvalue weighted by Gasteiger charge is -2.09. The number of halogens is 1. The predicted molar refractivity (Wildman–Crippen MR) is 56.4 cm³/mol. The van der Waals surface area contributed by atoms with Crippen LogP contribution < -0.4 is 10.1 Å². The first-order chi connectivity index (χ1) is 7.04. The number of rotatable bonds is 3. The van der Waals surface area contributed by atoms with Crippen molar-refractivity contribution in [3.8, 4) is 5.75 Å². The molecule has 3 nitrogen and oxygen atoms in total. The van der Waals surface area contributed by atoms with E-state index in [-0.39, 0.29) is 17.5 Å². The Kier molecular flexibility index (Phi) is 3.66. The van der Waals surface area contributed by atoms with Gasteiger partial charge in [0.25, 0.3) is 0 Å². The average Bonchev–Trinajstić information content (AvgIpc) is 2.21. The Morgan fingerprint density at radius 3 is 2.67 bits per heavy atom. The molecule has 0 unspecified atom stereocenters. The first-order valence-corrected chi connectivity index (χ1v) is 4.69. The lowest BCUT2D eigenvalue weighted by atomic mass is 10.2. The number of methoxy groups -OCH3 is 1. The highest BCUT2D eigenvalue weighted by atomic mass is 19.1. The molecule has 0 atom stereocenters. The van der Waals surface area contributed by atoms with Gasteiger partial charge >= 0.3 is 0 Å². The van der Waals surface area contributed by atoms with Crippen LogP contribution in [0.4, 0.5) is 10.1 Å². The number of ether oxygens (including phenoxy) is 1. The van der Waals surface area contributed by atoms with E-state index in [1.165, 1.54) is 25.3 Å². The summed E-state index contributed by atoms with van der Waals surface area (Å²) in [6, 6.07) is 4.21. The lowest BCUT2D eigenvalue weighted by molar-refractivity contribution is -0.118. The summed E-state index contributed by atoms with van der Waals surface area (Å²) in [6.07, 6.45) is 0. The highest BCUT2D eigenvalue weighted by Gasteiger charge is 2.10. The predicted octanol–water partition coefficient (Wildman–Crippen LogP) is 2.43. The summed E-state index contributed by atoms with van der Waals surface area (Å²) in [5.74, 6) is -0.363. The second-order valence-corrected chi connectivity index (χ2v) is 3.49. The molecule has 0 heterocycles. The van der Waals surface area contributed by atoms with Crippen molar-refractivity contribution < 1.29 is 13.9 Å². The largest absolute Gasteiger partial charge is 0.497 e. The molecule has 0 saturated heterocycles. The van der Waals surface area contributed by atoms with Gasteiger partial charge in [0, 0.05) is 12.0 Å². The molecule has 0 aliphatic carbocycles. The van der Waals surface area contributed by atoms with Crippen molar-refractivity contribution in [2.45, 2.75) is 13.8 Å². The highest BCUT2D eigenvalue weighted by Crippen LogP contribution is 2.21. The maximum Gasteiger partial charge on any atom is 0.227 e. The summed E-state index contributed by atoms with van der Waals surface area (Å²) in [6.45, 7) is 3.49. The third-order valence-corrected chi connectivity index (χ3v) is 1.96. The van der Waals surface area contributed by atoms with E-state index in [2.05, 4.69) is 5.32 Å². The van der Waals surface area contributed by atoms with E-state index in [0.29, 0.717) is 5.75 Å². The molecule has 0 aliphatic heterocycles. The molecule has 1 rings (SSSR count). The van der Waals surface area contributed by atoms with Crippen LogP contribution in [0.3, 0.4) is 0 Å². The van der Waals surface area contributed by atoms with Gasteiger partial charge in [-0.3, -0.25) is 4.79 Å². The van der Waals surface area contributed by atoms with Crippen molar-refractivity contribution in [2.75, 3.05) is 12.4 Å². The Labute approximate surface area is 88.2 Å². The van der Waals surface area contributed by atoms with Crippen molar-refractivity contribution in [3.63, 3.8) is 0 Å². The molecule has 1 N–H and O–H groups in total. The maximum absolute atomic E-state index is 13.3. The van der Waals surface area contributed by atoms with E-state index >= 15 is 0 Å². The van der Waals surface area contributed by atoms with Crippen LogP contribution in [-0.2, 0) is 4.79 Å². The molecule has 0 bridgehead atoms. The van der Waals surface area contributed by atoms with Crippen molar-refractivity contribution in [1.82, 2.24) is 0 Å². The van der Waals surface area contributed by atoms with Crippen LogP contribution in [-0.4, -0.2) is 13.0 Å². The summed E-state index contributed by atoms with van der Waals surface area (Å²) in [5, 5.41) is 2.49. The van der Waals surface area contributed by atoms with E-state index in [1.807, 2.05) is 0 Å². The molecule has 15 heavy (non-hydrogen) atoms. The number of nitrogens with one attached hydrogen (secondary N) is 1. The summed E-state index contributed by atoms with van der Waals surface area (Å²) < 4.78 is 18.2. The minimum absolute atomic E-state index is 0.146. The zero-order chi connectivity index (χ0) is 11.4. The van der Waals surface area contributed by atoms with Gasteiger partial charge in [-0.05, 0) is 12.1 Å². The number of hydrogen-bond acceptors (Lipinski definition) is 2. The molecule has 1 aromatic rings. The quantitative estimate of drug-likeness (QED) is 0.833. The monoisotopic (exact) mass is 211 g/mol. The molecule has 0 spiro atoms. The van der Waals surface area contributed by atoms with E-state index in [0.717, 1.165) is 0 Å². The van der Waals surface area contributed by atoms with Gasteiger partial charge in [0.05, 0.1) is 12.8 Å². The van der Waals surface area contributed by atoms with Crippen LogP contribution in [0.2, 0.25) is 0 Å². The van der Waals surface area contributed by atoms with Gasteiger partial charge in [0.2, 0.25) is 5.91 Å². The third-order valence-electron chi connectivity index (χ3n) is 1.96. The molecule has 0 saturated carbocycles. The highest BCUT2D eigenvalue weighted by molar-refractivity contribution is 5.92. The molecule has 0 fully saturated rings. The molecular weight excluding hydrogens is 197 g/mol. The van der Waals surface area contributed by atoms with Crippen LogP contribution in [0, 0.1) is 11.7 Å². The average molecular weight is 211 g/mol. The fourth-order valence-electron chi connectivity index (χ4n) is 1.00. The van der Waals surface area contributed by atoms with Crippen LogP contribution in [0.1, 0.15) is 13.8 Å². The normalized spacial score (nSPS) is 10.2. The molecular formula is C11H14FNO2. The molecule has 1 amide bonds. The fourth-order valence-corrected chi connectivity index (χ4v) is 1.00. The van der Waals surface area contributed by atoms with Gasteiger partial charge in [-0.15, -0.1) is 0 Å². The van der Waals surface area contributed by atoms with Gasteiger partial charge in [0.15, 0.2) is 0 Å². The van der Waals surface area contributed by atoms with E-state index in [9.17, 15) is 9.18 Å². The smallest absolute Gasteiger partial charge is 0.227 e. The summed E-state index contributed by atoms with van der Waals surface area (Å²) >= 11 is 0. The standard InChI is InChI=1S/C11H14FNO2/c1-7(2)11(14)13-10-6-8(15-3)4-5-9(10)12/h4-7H,1-3H3,(H,13,14). The van der Waals surface area contributed by atoms with Crippen molar-refractivity contribution in [3.05, 3.63) is 24.0 Å². The van der Waals surface area contributed by atoms with E-state index in [1.54, 1.807) is 13.8 Å². The number of amides is 1. The Morgan fingerprint density at radius 2 is 2.13 bits per heavy atom. The Morgan fingerprint density at radius 1 is 1.47 bits per heavy atom. The van der Waals surface area contributed by atoms with Gasteiger partial charge in [0.1, 0.15) is 11.6 Å². The second-order valence-electron chi connectivity index (χ2n) is 3.49. The zero-order valence-corrected chi connectivity index (χ0v) is 9.00. The van der Waals surface area contributed by atoms with Crippen LogP contribution in [0.15, 0.2) is 18.2 Å². The van der Waals surface area contributed by atoms with Crippen LogP contribution in [0.5, 0.6) is 5.75 Å². The lowest BCUT2D eigenvalue weighted by Crippen LogP contribution is -2.18.